The molecule has 1 aliphatic heterocycles. The Morgan fingerprint density at radius 2 is 1.83 bits per heavy atom. The molecule has 0 aliphatic carbocycles. The van der Waals surface area contributed by atoms with Crippen molar-refractivity contribution >= 4 is 11.8 Å². The largest absolute Gasteiger partial charge is 0.387 e. The highest BCUT2D eigenvalue weighted by atomic mass is 32.2. The van der Waals surface area contributed by atoms with Crippen molar-refractivity contribution in [1.82, 2.24) is 0 Å². The van der Waals surface area contributed by atoms with Gasteiger partial charge in [-0.1, -0.05) is 45.0 Å². The second-order valence-electron chi connectivity index (χ2n) is 6.54. The minimum absolute atomic E-state index is 0.00322. The van der Waals surface area contributed by atoms with Gasteiger partial charge in [-0.3, -0.25) is 0 Å². The fourth-order valence-corrected chi connectivity index (χ4v) is 3.87. The highest BCUT2D eigenvalue weighted by Gasteiger charge is 2.37. The van der Waals surface area contributed by atoms with Crippen molar-refractivity contribution in [2.24, 2.45) is 0 Å². The lowest BCUT2D eigenvalue weighted by Crippen LogP contribution is -2.26. The smallest absolute Gasteiger partial charge is 0.0933 e. The van der Waals surface area contributed by atoms with E-state index in [1.54, 1.807) is 0 Å². The molecule has 2 heteroatoms. The van der Waals surface area contributed by atoms with Gasteiger partial charge in [0.15, 0.2) is 0 Å². The van der Waals surface area contributed by atoms with Gasteiger partial charge in [-0.2, -0.15) is 11.8 Å². The summed E-state index contributed by atoms with van der Waals surface area (Å²) < 4.78 is 0.00322. The van der Waals surface area contributed by atoms with Gasteiger partial charge in [-0.15, -0.1) is 0 Å². The van der Waals surface area contributed by atoms with Gasteiger partial charge < -0.3 is 5.11 Å². The maximum Gasteiger partial charge on any atom is 0.0933 e. The molecule has 1 aliphatic rings. The highest BCUT2D eigenvalue weighted by Crippen LogP contribution is 2.46. The SMILES string of the molecule is CC(C)(C)c1ccc(C(O)C2(C)CCCS2)cc1. The molecule has 1 nitrogen and oxygen atoms in total. The van der Waals surface area contributed by atoms with Gasteiger partial charge in [0.2, 0.25) is 0 Å². The number of aliphatic hydroxyl groups is 1. The van der Waals surface area contributed by atoms with E-state index in [4.69, 9.17) is 0 Å². The highest BCUT2D eigenvalue weighted by molar-refractivity contribution is 8.00. The summed E-state index contributed by atoms with van der Waals surface area (Å²) in [6.45, 7) is 8.83. The molecule has 1 saturated heterocycles. The zero-order valence-electron chi connectivity index (χ0n) is 11.9. The molecule has 2 atom stereocenters. The first-order chi connectivity index (χ1) is 8.33. The van der Waals surface area contributed by atoms with E-state index in [1.165, 1.54) is 17.7 Å². The van der Waals surface area contributed by atoms with Gasteiger partial charge in [0, 0.05) is 4.75 Å². The minimum Gasteiger partial charge on any atom is -0.387 e. The Kier molecular flexibility index (Phi) is 3.80. The number of benzene rings is 1. The van der Waals surface area contributed by atoms with Gasteiger partial charge in [0.05, 0.1) is 6.10 Å². The van der Waals surface area contributed by atoms with Crippen molar-refractivity contribution in [3.05, 3.63) is 35.4 Å². The van der Waals surface area contributed by atoms with Gasteiger partial charge >= 0.3 is 0 Å². The van der Waals surface area contributed by atoms with Crippen LogP contribution in [0.3, 0.4) is 0 Å². The van der Waals surface area contributed by atoms with Crippen LogP contribution in [0.4, 0.5) is 0 Å². The van der Waals surface area contributed by atoms with Crippen LogP contribution in [0.25, 0.3) is 0 Å². The van der Waals surface area contributed by atoms with Crippen LogP contribution in [0.1, 0.15) is 57.8 Å². The molecular formula is C16H24OS. The Bertz CT molecular complexity index is 396. The van der Waals surface area contributed by atoms with Crippen LogP contribution in [0.2, 0.25) is 0 Å². The first-order valence-corrected chi connectivity index (χ1v) is 7.74. The average Bonchev–Trinajstić information content (AvgIpc) is 2.75. The molecule has 1 N–H and O–H groups in total. The molecule has 1 aromatic carbocycles. The summed E-state index contributed by atoms with van der Waals surface area (Å²) in [5.41, 5.74) is 2.55. The van der Waals surface area contributed by atoms with E-state index >= 15 is 0 Å². The topological polar surface area (TPSA) is 20.2 Å². The second-order valence-corrected chi connectivity index (χ2v) is 8.17. The number of thioether (sulfide) groups is 1. The summed E-state index contributed by atoms with van der Waals surface area (Å²) in [7, 11) is 0. The van der Waals surface area contributed by atoms with Crippen molar-refractivity contribution in [3.63, 3.8) is 0 Å². The maximum absolute atomic E-state index is 10.6. The summed E-state index contributed by atoms with van der Waals surface area (Å²) >= 11 is 1.91. The predicted octanol–water partition coefficient (Wildman–Crippen LogP) is 4.30. The molecule has 0 spiro atoms. The maximum atomic E-state index is 10.6. The van der Waals surface area contributed by atoms with E-state index < -0.39 is 0 Å². The van der Waals surface area contributed by atoms with Crippen LogP contribution >= 0.6 is 11.8 Å². The van der Waals surface area contributed by atoms with E-state index in [2.05, 4.69) is 52.0 Å². The van der Waals surface area contributed by atoms with Crippen molar-refractivity contribution < 1.29 is 5.11 Å². The Morgan fingerprint density at radius 3 is 2.28 bits per heavy atom. The molecule has 0 radical (unpaired) electrons. The summed E-state index contributed by atoms with van der Waals surface area (Å²) in [4.78, 5) is 0. The van der Waals surface area contributed by atoms with Crippen molar-refractivity contribution in [3.8, 4) is 0 Å². The van der Waals surface area contributed by atoms with E-state index in [9.17, 15) is 5.11 Å². The normalized spacial score (nSPS) is 26.3. The van der Waals surface area contributed by atoms with Crippen LogP contribution in [0.5, 0.6) is 0 Å². The Labute approximate surface area is 115 Å². The Hall–Kier alpha value is -0.470. The number of rotatable bonds is 2. The van der Waals surface area contributed by atoms with Gasteiger partial charge in [0.1, 0.15) is 0 Å². The molecule has 18 heavy (non-hydrogen) atoms. The zero-order valence-corrected chi connectivity index (χ0v) is 12.7. The second kappa shape index (κ2) is 4.90. The first-order valence-electron chi connectivity index (χ1n) is 6.75. The zero-order chi connectivity index (χ0) is 13.4. The third kappa shape index (κ3) is 2.75. The summed E-state index contributed by atoms with van der Waals surface area (Å²) in [5, 5.41) is 10.6. The van der Waals surface area contributed by atoms with Crippen LogP contribution < -0.4 is 0 Å². The standard InChI is InChI=1S/C16H24OS/c1-15(2,3)13-8-6-12(7-9-13)14(17)16(4)10-5-11-18-16/h6-9,14,17H,5,10-11H2,1-4H3. The van der Waals surface area contributed by atoms with Crippen molar-refractivity contribution in [2.75, 3.05) is 5.75 Å². The van der Waals surface area contributed by atoms with Crippen molar-refractivity contribution in [2.45, 2.75) is 56.8 Å². The van der Waals surface area contributed by atoms with Crippen LogP contribution in [0, 0.1) is 0 Å². The average molecular weight is 264 g/mol. The fourth-order valence-electron chi connectivity index (χ4n) is 2.53. The van der Waals surface area contributed by atoms with E-state index in [1.807, 2.05) is 11.8 Å². The monoisotopic (exact) mass is 264 g/mol. The van der Waals surface area contributed by atoms with Crippen LogP contribution in [-0.2, 0) is 5.41 Å². The van der Waals surface area contributed by atoms with Gasteiger partial charge in [-0.25, -0.2) is 0 Å². The summed E-state index contributed by atoms with van der Waals surface area (Å²) in [6.07, 6.45) is 1.98. The molecule has 100 valence electrons. The molecule has 0 amide bonds. The molecule has 1 fully saturated rings. The van der Waals surface area contributed by atoms with E-state index in [0.29, 0.717) is 0 Å². The summed E-state index contributed by atoms with van der Waals surface area (Å²) in [6, 6.07) is 8.49. The van der Waals surface area contributed by atoms with Gasteiger partial charge in [0.25, 0.3) is 0 Å². The fraction of sp³-hybridized carbons (Fsp3) is 0.625. The molecule has 0 bridgehead atoms. The molecule has 0 saturated carbocycles. The van der Waals surface area contributed by atoms with Crippen LogP contribution in [0.15, 0.2) is 24.3 Å². The molecular weight excluding hydrogens is 240 g/mol. The lowest BCUT2D eigenvalue weighted by molar-refractivity contribution is 0.135. The number of hydrogen-bond acceptors (Lipinski definition) is 2. The van der Waals surface area contributed by atoms with Crippen LogP contribution in [-0.4, -0.2) is 15.6 Å². The number of aliphatic hydroxyl groups excluding tert-OH is 1. The van der Waals surface area contributed by atoms with Crippen molar-refractivity contribution in [1.29, 1.82) is 0 Å². The van der Waals surface area contributed by atoms with E-state index in [-0.39, 0.29) is 16.3 Å². The molecule has 2 unspecified atom stereocenters. The Balaban J connectivity index is 2.19. The Morgan fingerprint density at radius 1 is 1.22 bits per heavy atom. The van der Waals surface area contributed by atoms with Gasteiger partial charge in [-0.05, 0) is 42.1 Å². The lowest BCUT2D eigenvalue weighted by Gasteiger charge is -2.30. The predicted molar refractivity (Wildman–Crippen MR) is 80.2 cm³/mol. The summed E-state index contributed by atoms with van der Waals surface area (Å²) in [5.74, 6) is 1.17. The lowest BCUT2D eigenvalue weighted by atomic mass is 9.85. The molecule has 1 heterocycles. The quantitative estimate of drug-likeness (QED) is 0.859. The minimum atomic E-state index is -0.348. The first kappa shape index (κ1) is 14.0. The molecule has 1 aromatic rings. The van der Waals surface area contributed by atoms with E-state index in [0.717, 1.165) is 12.0 Å². The third-order valence-corrected chi connectivity index (χ3v) is 5.50. The third-order valence-electron chi connectivity index (χ3n) is 3.92. The number of hydrogen-bond donors (Lipinski definition) is 1. The molecule has 2 rings (SSSR count). The molecule has 0 aromatic heterocycles.